The third-order valence-electron chi connectivity index (χ3n) is 4.60. The number of anilines is 1. The normalized spacial score (nSPS) is 11.6. The second-order valence-corrected chi connectivity index (χ2v) is 8.97. The Morgan fingerprint density at radius 2 is 1.77 bits per heavy atom. The fourth-order valence-electron chi connectivity index (χ4n) is 3.02. The maximum absolute atomic E-state index is 5.55. The van der Waals surface area contributed by atoms with Crippen molar-refractivity contribution in [3.8, 4) is 0 Å². The van der Waals surface area contributed by atoms with E-state index < -0.39 is 0 Å². The molecule has 0 aliphatic heterocycles. The molecular weight excluding hydrogens is 448 g/mol. The second kappa shape index (κ2) is 12.4. The molecule has 0 spiro atoms. The van der Waals surface area contributed by atoms with Gasteiger partial charge in [0.2, 0.25) is 5.13 Å². The Bertz CT molecular complexity index is 1000. The molecule has 0 fully saturated rings. The van der Waals surface area contributed by atoms with E-state index in [0.29, 0.717) is 31.6 Å². The largest absolute Gasteiger partial charge is 0.380 e. The summed E-state index contributed by atoms with van der Waals surface area (Å²) in [6.07, 6.45) is 0. The van der Waals surface area contributed by atoms with Crippen LogP contribution in [0, 0.1) is 6.92 Å². The predicted molar refractivity (Wildman–Crippen MR) is 135 cm³/mol. The van der Waals surface area contributed by atoms with Gasteiger partial charge in [0, 0.05) is 36.9 Å². The fourth-order valence-corrected chi connectivity index (χ4v) is 4.72. The zero-order valence-electron chi connectivity index (χ0n) is 18.1. The number of azo groups is 1. The first kappa shape index (κ1) is 24.0. The number of aromatic nitrogens is 1. The minimum absolute atomic E-state index is 0.648. The number of aryl methyl sites for hydroxylation is 1. The standard InChI is InChI=1S/C22H28N4O2S3/c1-4-27-12-10-26(11-13-28-5-2)17-7-9-19(21(15-17)31-29)24-25-22-23-18-8-6-16(3)14-20(18)30-22/h6-9,14-15,29H,4-5,10-13H2,1-3H3. The molecule has 1 aromatic heterocycles. The summed E-state index contributed by atoms with van der Waals surface area (Å²) in [5, 5.41) is 9.48. The number of ether oxygens (including phenoxy) is 2. The van der Waals surface area contributed by atoms with Gasteiger partial charge in [0.15, 0.2) is 0 Å². The van der Waals surface area contributed by atoms with Crippen LogP contribution in [0.15, 0.2) is 51.5 Å². The minimum atomic E-state index is 0.648. The Morgan fingerprint density at radius 3 is 2.45 bits per heavy atom. The topological polar surface area (TPSA) is 59.3 Å². The first-order chi connectivity index (χ1) is 15.1. The Labute approximate surface area is 196 Å². The van der Waals surface area contributed by atoms with Crippen molar-refractivity contribution in [2.24, 2.45) is 10.2 Å². The molecule has 0 amide bonds. The lowest BCUT2D eigenvalue weighted by Crippen LogP contribution is -2.31. The number of hydrogen-bond acceptors (Lipinski definition) is 9. The number of thiazole rings is 1. The molecule has 0 radical (unpaired) electrons. The molecule has 0 unspecified atom stereocenters. The Hall–Kier alpha value is -1.65. The minimum Gasteiger partial charge on any atom is -0.380 e. The Morgan fingerprint density at radius 1 is 1.03 bits per heavy atom. The highest BCUT2D eigenvalue weighted by molar-refractivity contribution is 8.68. The summed E-state index contributed by atoms with van der Waals surface area (Å²) >= 11 is 5.97. The molecule has 0 saturated carbocycles. The SMILES string of the molecule is CCOCCN(CCOCC)c1ccc(N=Nc2nc3ccc(C)cc3s2)c(SS)c1. The molecule has 0 aliphatic rings. The van der Waals surface area contributed by atoms with Crippen molar-refractivity contribution >= 4 is 60.5 Å². The van der Waals surface area contributed by atoms with Crippen molar-refractivity contribution in [2.45, 2.75) is 25.7 Å². The van der Waals surface area contributed by atoms with E-state index in [4.69, 9.17) is 9.47 Å². The predicted octanol–water partition coefficient (Wildman–Crippen LogP) is 6.84. The Balaban J connectivity index is 1.78. The van der Waals surface area contributed by atoms with Crippen LogP contribution in [0.4, 0.5) is 16.5 Å². The quantitative estimate of drug-likeness (QED) is 0.134. The molecule has 1 heterocycles. The van der Waals surface area contributed by atoms with Gasteiger partial charge in [-0.25, -0.2) is 4.98 Å². The van der Waals surface area contributed by atoms with Crippen molar-refractivity contribution in [3.63, 3.8) is 0 Å². The van der Waals surface area contributed by atoms with Gasteiger partial charge in [-0.1, -0.05) is 28.2 Å². The molecule has 2 aromatic carbocycles. The summed E-state index contributed by atoms with van der Waals surface area (Å²) in [5.74, 6) is 0. The Kier molecular flexibility index (Phi) is 9.60. The van der Waals surface area contributed by atoms with Gasteiger partial charge in [0.05, 0.1) is 23.4 Å². The van der Waals surface area contributed by atoms with E-state index in [1.807, 2.05) is 26.0 Å². The summed E-state index contributed by atoms with van der Waals surface area (Å²) < 4.78 is 12.2. The van der Waals surface area contributed by atoms with Gasteiger partial charge in [-0.15, -0.1) is 21.9 Å². The van der Waals surface area contributed by atoms with Gasteiger partial charge in [0.25, 0.3) is 0 Å². The molecule has 6 nitrogen and oxygen atoms in total. The zero-order chi connectivity index (χ0) is 22.1. The van der Waals surface area contributed by atoms with E-state index in [9.17, 15) is 0 Å². The molecule has 31 heavy (non-hydrogen) atoms. The van der Waals surface area contributed by atoms with Crippen LogP contribution in [0.2, 0.25) is 0 Å². The highest BCUT2D eigenvalue weighted by Crippen LogP contribution is 2.37. The number of thiol groups is 1. The molecule has 0 aliphatic carbocycles. The summed E-state index contributed by atoms with van der Waals surface area (Å²) in [4.78, 5) is 7.75. The smallest absolute Gasteiger partial charge is 0.231 e. The van der Waals surface area contributed by atoms with Gasteiger partial charge in [-0.05, 0) is 56.7 Å². The molecular formula is C22H28N4O2S3. The van der Waals surface area contributed by atoms with Gasteiger partial charge < -0.3 is 14.4 Å². The van der Waals surface area contributed by atoms with Gasteiger partial charge >= 0.3 is 0 Å². The first-order valence-corrected chi connectivity index (χ1v) is 13.0. The van der Waals surface area contributed by atoms with Crippen molar-refractivity contribution in [3.05, 3.63) is 42.0 Å². The lowest BCUT2D eigenvalue weighted by molar-refractivity contribution is 0.141. The van der Waals surface area contributed by atoms with Crippen LogP contribution < -0.4 is 4.90 Å². The number of fused-ring (bicyclic) bond motifs is 1. The average molecular weight is 477 g/mol. The van der Waals surface area contributed by atoms with Crippen LogP contribution >= 0.6 is 33.8 Å². The molecule has 3 aromatic rings. The maximum atomic E-state index is 5.55. The summed E-state index contributed by atoms with van der Waals surface area (Å²) in [6.45, 7) is 10.4. The molecule has 9 heteroatoms. The van der Waals surface area contributed by atoms with Crippen molar-refractivity contribution in [1.82, 2.24) is 4.98 Å². The average Bonchev–Trinajstić information content (AvgIpc) is 3.18. The van der Waals surface area contributed by atoms with E-state index in [0.717, 1.165) is 39.6 Å². The van der Waals surface area contributed by atoms with Crippen LogP contribution in [0.1, 0.15) is 19.4 Å². The second-order valence-electron chi connectivity index (χ2n) is 6.79. The van der Waals surface area contributed by atoms with E-state index >= 15 is 0 Å². The van der Waals surface area contributed by atoms with Crippen LogP contribution in [0.5, 0.6) is 0 Å². The van der Waals surface area contributed by atoms with E-state index in [-0.39, 0.29) is 0 Å². The van der Waals surface area contributed by atoms with Crippen LogP contribution in [0.25, 0.3) is 10.2 Å². The molecule has 166 valence electrons. The highest BCUT2D eigenvalue weighted by atomic mass is 33.1. The van der Waals surface area contributed by atoms with Gasteiger partial charge in [-0.3, -0.25) is 0 Å². The summed E-state index contributed by atoms with van der Waals surface area (Å²) in [5.41, 5.74) is 4.02. The first-order valence-electron chi connectivity index (χ1n) is 10.3. The van der Waals surface area contributed by atoms with E-state index in [1.165, 1.54) is 16.4 Å². The summed E-state index contributed by atoms with van der Waals surface area (Å²) in [6, 6.07) is 12.3. The van der Waals surface area contributed by atoms with E-state index in [1.54, 1.807) is 11.3 Å². The molecule has 0 atom stereocenters. The fraction of sp³-hybridized carbons (Fsp3) is 0.409. The maximum Gasteiger partial charge on any atom is 0.231 e. The number of rotatable bonds is 12. The monoisotopic (exact) mass is 476 g/mol. The van der Waals surface area contributed by atoms with Crippen molar-refractivity contribution < 1.29 is 9.47 Å². The van der Waals surface area contributed by atoms with Gasteiger partial charge in [0.1, 0.15) is 5.69 Å². The summed E-state index contributed by atoms with van der Waals surface area (Å²) in [7, 11) is 1.36. The molecule has 0 N–H and O–H groups in total. The number of benzene rings is 2. The van der Waals surface area contributed by atoms with Crippen LogP contribution in [0.3, 0.4) is 0 Å². The zero-order valence-corrected chi connectivity index (χ0v) is 20.6. The van der Waals surface area contributed by atoms with Gasteiger partial charge in [-0.2, -0.15) is 0 Å². The lowest BCUT2D eigenvalue weighted by Gasteiger charge is -2.25. The molecule has 0 bridgehead atoms. The molecule has 3 rings (SSSR count). The number of nitrogens with zero attached hydrogens (tertiary/aromatic N) is 4. The highest BCUT2D eigenvalue weighted by Gasteiger charge is 2.11. The third-order valence-corrected chi connectivity index (χ3v) is 6.62. The molecule has 0 saturated heterocycles. The van der Waals surface area contributed by atoms with Crippen LogP contribution in [-0.4, -0.2) is 44.5 Å². The number of hydrogen-bond donors (Lipinski definition) is 1. The third kappa shape index (κ3) is 6.92. The van der Waals surface area contributed by atoms with Crippen molar-refractivity contribution in [1.29, 1.82) is 0 Å². The van der Waals surface area contributed by atoms with Crippen molar-refractivity contribution in [2.75, 3.05) is 44.4 Å². The lowest BCUT2D eigenvalue weighted by atomic mass is 10.2. The van der Waals surface area contributed by atoms with E-state index in [2.05, 4.69) is 63.0 Å². The van der Waals surface area contributed by atoms with Crippen LogP contribution in [-0.2, 0) is 9.47 Å².